The van der Waals surface area contributed by atoms with Crippen molar-refractivity contribution in [1.29, 1.82) is 0 Å². The first kappa shape index (κ1) is 16.8. The summed E-state index contributed by atoms with van der Waals surface area (Å²) in [4.78, 5) is 7.36. The number of benzene rings is 1. The molecule has 0 amide bonds. The largest absolute Gasteiger partial charge is 0.342 e. The van der Waals surface area contributed by atoms with Gasteiger partial charge in [-0.2, -0.15) is 9.40 Å². The monoisotopic (exact) mass is 386 g/mol. The molecule has 0 bridgehead atoms. The van der Waals surface area contributed by atoms with E-state index in [2.05, 4.69) is 20.6 Å². The van der Waals surface area contributed by atoms with Crippen molar-refractivity contribution in [2.24, 2.45) is 25.9 Å². The predicted octanol–water partition coefficient (Wildman–Crippen LogP) is 1.06. The van der Waals surface area contributed by atoms with Crippen LogP contribution >= 0.6 is 0 Å². The lowest BCUT2D eigenvalue weighted by Gasteiger charge is -2.21. The molecule has 2 saturated heterocycles. The molecule has 2 aliphatic rings. The van der Waals surface area contributed by atoms with Crippen molar-refractivity contribution in [3.63, 3.8) is 0 Å². The minimum absolute atomic E-state index is 0.275. The second-order valence-corrected chi connectivity index (χ2v) is 9.49. The number of imidazole rings is 1. The van der Waals surface area contributed by atoms with Crippen LogP contribution in [0.1, 0.15) is 0 Å². The summed E-state index contributed by atoms with van der Waals surface area (Å²) in [6.07, 6.45) is 2.99. The Morgan fingerprint density at radius 3 is 2.37 bits per heavy atom. The zero-order valence-electron chi connectivity index (χ0n) is 15.4. The molecule has 0 saturated carbocycles. The third-order valence-corrected chi connectivity index (χ3v) is 7.60. The maximum Gasteiger partial charge on any atom is 0.246 e. The highest BCUT2D eigenvalue weighted by atomic mass is 32.2. The number of aryl methyl sites for hydroxylation is 2. The smallest absolute Gasteiger partial charge is 0.246 e. The molecule has 0 spiro atoms. The van der Waals surface area contributed by atoms with Gasteiger partial charge in [-0.3, -0.25) is 4.68 Å². The van der Waals surface area contributed by atoms with Crippen LogP contribution in [0.3, 0.4) is 0 Å². The summed E-state index contributed by atoms with van der Waals surface area (Å²) in [5.41, 5.74) is 2.11. The summed E-state index contributed by atoms with van der Waals surface area (Å²) < 4.78 is 31.0. The van der Waals surface area contributed by atoms with E-state index in [4.69, 9.17) is 4.98 Å². The molecule has 2 aliphatic heterocycles. The fraction of sp³-hybridized carbons (Fsp3) is 0.444. The van der Waals surface area contributed by atoms with Gasteiger partial charge in [0.15, 0.2) is 0 Å². The van der Waals surface area contributed by atoms with Gasteiger partial charge >= 0.3 is 0 Å². The standard InChI is InChI=1S/C18H22N6O2S/c1-21-12-15(7-19-21)27(25,26)24-10-13-8-23(9-14(13)11-24)18-20-16-5-3-4-6-17(16)22(18)2/h3-7,12-14H,8-11H2,1-2H3. The maximum absolute atomic E-state index is 12.8. The average molecular weight is 386 g/mol. The summed E-state index contributed by atoms with van der Waals surface area (Å²) in [6.45, 7) is 2.78. The Bertz CT molecular complexity index is 1100. The Balaban J connectivity index is 1.35. The summed E-state index contributed by atoms with van der Waals surface area (Å²) in [6, 6.07) is 8.12. The van der Waals surface area contributed by atoms with E-state index in [0.717, 1.165) is 30.1 Å². The molecule has 3 aromatic rings. The fourth-order valence-electron chi connectivity index (χ4n) is 4.41. The molecule has 1 aromatic carbocycles. The molecular weight excluding hydrogens is 364 g/mol. The van der Waals surface area contributed by atoms with Gasteiger partial charge in [-0.15, -0.1) is 0 Å². The third-order valence-electron chi connectivity index (χ3n) is 5.82. The van der Waals surface area contributed by atoms with Crippen molar-refractivity contribution in [1.82, 2.24) is 23.6 Å². The highest BCUT2D eigenvalue weighted by molar-refractivity contribution is 7.89. The van der Waals surface area contributed by atoms with E-state index in [9.17, 15) is 8.42 Å². The van der Waals surface area contributed by atoms with E-state index in [0.29, 0.717) is 24.9 Å². The SMILES string of the molecule is Cn1cc(S(=O)(=O)N2CC3CN(c4nc5ccccc5n4C)CC3C2)cn1. The molecule has 0 radical (unpaired) electrons. The van der Waals surface area contributed by atoms with E-state index in [1.165, 1.54) is 10.9 Å². The topological polar surface area (TPSA) is 76.3 Å². The quantitative estimate of drug-likeness (QED) is 0.673. The van der Waals surface area contributed by atoms with Crippen molar-refractivity contribution in [2.45, 2.75) is 4.90 Å². The zero-order chi connectivity index (χ0) is 18.8. The highest BCUT2D eigenvalue weighted by Gasteiger charge is 2.45. The highest BCUT2D eigenvalue weighted by Crippen LogP contribution is 2.36. The molecule has 9 heteroatoms. The average Bonchev–Trinajstić information content (AvgIpc) is 3.37. The van der Waals surface area contributed by atoms with Gasteiger partial charge in [-0.25, -0.2) is 13.4 Å². The van der Waals surface area contributed by atoms with Crippen molar-refractivity contribution in [3.8, 4) is 0 Å². The molecule has 2 fully saturated rings. The van der Waals surface area contributed by atoms with E-state index in [-0.39, 0.29) is 4.90 Å². The predicted molar refractivity (Wildman–Crippen MR) is 102 cm³/mol. The van der Waals surface area contributed by atoms with E-state index < -0.39 is 10.0 Å². The molecule has 5 rings (SSSR count). The number of fused-ring (bicyclic) bond motifs is 2. The molecule has 2 atom stereocenters. The number of anilines is 1. The van der Waals surface area contributed by atoms with Crippen LogP contribution in [-0.2, 0) is 24.1 Å². The lowest BCUT2D eigenvalue weighted by Crippen LogP contribution is -2.33. The number of nitrogens with zero attached hydrogens (tertiary/aromatic N) is 6. The summed E-state index contributed by atoms with van der Waals surface area (Å²) in [7, 11) is 0.308. The van der Waals surface area contributed by atoms with Crippen LogP contribution in [0.5, 0.6) is 0 Å². The van der Waals surface area contributed by atoms with Crippen LogP contribution in [0, 0.1) is 11.8 Å². The Morgan fingerprint density at radius 1 is 1.04 bits per heavy atom. The number of hydrogen-bond acceptors (Lipinski definition) is 5. The molecule has 8 nitrogen and oxygen atoms in total. The Morgan fingerprint density at radius 2 is 1.74 bits per heavy atom. The number of para-hydroxylation sites is 2. The summed E-state index contributed by atoms with van der Waals surface area (Å²) in [5.74, 6) is 1.62. The molecule has 2 aromatic heterocycles. The van der Waals surface area contributed by atoms with E-state index in [1.807, 2.05) is 25.2 Å². The van der Waals surface area contributed by atoms with Gasteiger partial charge in [0, 0.05) is 46.5 Å². The van der Waals surface area contributed by atoms with Gasteiger partial charge in [0.2, 0.25) is 16.0 Å². The molecular formula is C18H22N6O2S. The summed E-state index contributed by atoms with van der Waals surface area (Å²) in [5, 5.41) is 4.00. The Labute approximate surface area is 158 Å². The maximum atomic E-state index is 12.8. The lowest BCUT2D eigenvalue weighted by molar-refractivity contribution is 0.452. The van der Waals surface area contributed by atoms with Gasteiger partial charge in [0.25, 0.3) is 0 Å². The number of hydrogen-bond donors (Lipinski definition) is 0. The summed E-state index contributed by atoms with van der Waals surface area (Å²) >= 11 is 0. The van der Waals surface area contributed by atoms with Gasteiger partial charge < -0.3 is 9.47 Å². The third kappa shape index (κ3) is 2.56. The first-order valence-corrected chi connectivity index (χ1v) is 10.5. The van der Waals surface area contributed by atoms with Crippen LogP contribution in [-0.4, -0.2) is 58.2 Å². The lowest BCUT2D eigenvalue weighted by atomic mass is 10.0. The second-order valence-electron chi connectivity index (χ2n) is 7.56. The molecule has 0 N–H and O–H groups in total. The molecule has 2 unspecified atom stereocenters. The second kappa shape index (κ2) is 5.80. The van der Waals surface area contributed by atoms with Crippen molar-refractivity contribution in [2.75, 3.05) is 31.1 Å². The minimum Gasteiger partial charge on any atom is -0.342 e. The van der Waals surface area contributed by atoms with Crippen LogP contribution in [0.15, 0.2) is 41.6 Å². The Kier molecular flexibility index (Phi) is 3.60. The van der Waals surface area contributed by atoms with Gasteiger partial charge in [-0.1, -0.05) is 12.1 Å². The van der Waals surface area contributed by atoms with Crippen molar-refractivity contribution < 1.29 is 8.42 Å². The molecule has 0 aliphatic carbocycles. The zero-order valence-corrected chi connectivity index (χ0v) is 16.2. The van der Waals surface area contributed by atoms with E-state index >= 15 is 0 Å². The Hall–Kier alpha value is -2.39. The molecule has 142 valence electrons. The molecule has 27 heavy (non-hydrogen) atoms. The van der Waals surface area contributed by atoms with Gasteiger partial charge in [0.05, 0.1) is 17.2 Å². The number of sulfonamides is 1. The minimum atomic E-state index is -3.46. The normalized spacial score (nSPS) is 23.4. The first-order valence-electron chi connectivity index (χ1n) is 9.08. The van der Waals surface area contributed by atoms with Gasteiger partial charge in [0.1, 0.15) is 4.90 Å². The van der Waals surface area contributed by atoms with Crippen molar-refractivity contribution >= 4 is 27.0 Å². The first-order chi connectivity index (χ1) is 12.9. The fourth-order valence-corrected chi connectivity index (χ4v) is 5.95. The number of rotatable bonds is 3. The van der Waals surface area contributed by atoms with Crippen LogP contribution in [0.2, 0.25) is 0 Å². The van der Waals surface area contributed by atoms with Crippen LogP contribution in [0.25, 0.3) is 11.0 Å². The van der Waals surface area contributed by atoms with Crippen molar-refractivity contribution in [3.05, 3.63) is 36.7 Å². The van der Waals surface area contributed by atoms with Gasteiger partial charge in [-0.05, 0) is 24.0 Å². The number of aromatic nitrogens is 4. The van der Waals surface area contributed by atoms with Crippen LogP contribution < -0.4 is 4.90 Å². The van der Waals surface area contributed by atoms with E-state index in [1.54, 1.807) is 17.5 Å². The van der Waals surface area contributed by atoms with Crippen LogP contribution in [0.4, 0.5) is 5.95 Å². The molecule has 4 heterocycles.